The van der Waals surface area contributed by atoms with Crippen LogP contribution in [0.4, 0.5) is 5.69 Å². The Bertz CT molecular complexity index is 644. The summed E-state index contributed by atoms with van der Waals surface area (Å²) >= 11 is 0. The van der Waals surface area contributed by atoms with E-state index >= 15 is 0 Å². The first-order valence-electron chi connectivity index (χ1n) is 6.66. The molecule has 7 nitrogen and oxygen atoms in total. The highest BCUT2D eigenvalue weighted by molar-refractivity contribution is 6.04. The van der Waals surface area contributed by atoms with E-state index in [9.17, 15) is 4.79 Å². The van der Waals surface area contributed by atoms with Crippen molar-refractivity contribution >= 4 is 11.6 Å². The van der Waals surface area contributed by atoms with Gasteiger partial charge in [-0.25, -0.2) is 9.97 Å². The van der Waals surface area contributed by atoms with Gasteiger partial charge in [-0.15, -0.1) is 0 Å². The summed E-state index contributed by atoms with van der Waals surface area (Å²) in [5.74, 6) is 0.746. The molecule has 0 fully saturated rings. The molecule has 0 spiro atoms. The Kier molecular flexibility index (Phi) is 5.13. The Hall–Kier alpha value is -2.83. The van der Waals surface area contributed by atoms with Gasteiger partial charge in [0.1, 0.15) is 0 Å². The minimum absolute atomic E-state index is 0.270. The van der Waals surface area contributed by atoms with Crippen LogP contribution in [0, 0.1) is 0 Å². The number of hydrogen-bond donors (Lipinski definition) is 1. The number of hydrogen-bond acceptors (Lipinski definition) is 6. The lowest BCUT2D eigenvalue weighted by atomic mass is 10.2. The maximum atomic E-state index is 12.2. The third kappa shape index (κ3) is 3.63. The highest BCUT2D eigenvalue weighted by Crippen LogP contribution is 2.27. The topological polar surface area (TPSA) is 82.6 Å². The van der Waals surface area contributed by atoms with Gasteiger partial charge in [0.25, 0.3) is 5.91 Å². The number of carbonyl (C=O) groups excluding carboxylic acids is 1. The van der Waals surface area contributed by atoms with Gasteiger partial charge in [-0.2, -0.15) is 0 Å². The molecule has 0 aliphatic rings. The van der Waals surface area contributed by atoms with Gasteiger partial charge in [0.2, 0.25) is 0 Å². The highest BCUT2D eigenvalue weighted by atomic mass is 16.5. The largest absolute Gasteiger partial charge is 0.493 e. The highest BCUT2D eigenvalue weighted by Gasteiger charge is 2.11. The molecule has 116 valence electrons. The van der Waals surface area contributed by atoms with Crippen molar-refractivity contribution in [1.29, 1.82) is 0 Å². The van der Waals surface area contributed by atoms with Crippen LogP contribution in [0.3, 0.4) is 0 Å². The van der Waals surface area contributed by atoms with Gasteiger partial charge < -0.3 is 19.5 Å². The first-order chi connectivity index (χ1) is 10.7. The molecule has 0 bridgehead atoms. The molecule has 0 saturated carbocycles. The predicted molar refractivity (Wildman–Crippen MR) is 80.7 cm³/mol. The molecule has 0 atom stereocenters. The lowest BCUT2D eigenvalue weighted by Crippen LogP contribution is -2.12. The Morgan fingerprint density at radius 3 is 2.41 bits per heavy atom. The van der Waals surface area contributed by atoms with Crippen LogP contribution in [0.25, 0.3) is 0 Å². The number of benzene rings is 1. The zero-order chi connectivity index (χ0) is 15.9. The quantitative estimate of drug-likeness (QED) is 0.880. The third-order valence-corrected chi connectivity index (χ3v) is 2.81. The smallest absolute Gasteiger partial charge is 0.316 e. The van der Waals surface area contributed by atoms with Crippen molar-refractivity contribution in [2.75, 3.05) is 26.1 Å². The van der Waals surface area contributed by atoms with Crippen LogP contribution in [-0.4, -0.2) is 36.7 Å². The molecule has 1 amide bonds. The normalized spacial score (nSPS) is 9.95. The number of aromatic nitrogens is 2. The van der Waals surface area contributed by atoms with Gasteiger partial charge in [0, 0.05) is 5.56 Å². The van der Waals surface area contributed by atoms with Gasteiger partial charge in [-0.3, -0.25) is 4.79 Å². The van der Waals surface area contributed by atoms with Crippen LogP contribution in [0.2, 0.25) is 0 Å². The maximum absolute atomic E-state index is 12.2. The molecule has 0 unspecified atom stereocenters. The first kappa shape index (κ1) is 15.6. The predicted octanol–water partition coefficient (Wildman–Crippen LogP) is 2.14. The summed E-state index contributed by atoms with van der Waals surface area (Å²) in [5.41, 5.74) is 0.912. The van der Waals surface area contributed by atoms with Crippen molar-refractivity contribution in [3.05, 3.63) is 36.2 Å². The van der Waals surface area contributed by atoms with Crippen LogP contribution < -0.4 is 19.5 Å². The minimum Gasteiger partial charge on any atom is -0.493 e. The molecule has 7 heteroatoms. The Morgan fingerprint density at radius 1 is 1.14 bits per heavy atom. The fraction of sp³-hybridized carbons (Fsp3) is 0.267. The maximum Gasteiger partial charge on any atom is 0.316 e. The number of ether oxygens (including phenoxy) is 3. The number of anilines is 1. The average molecular weight is 303 g/mol. The summed E-state index contributed by atoms with van der Waals surface area (Å²) in [6.45, 7) is 2.33. The fourth-order valence-corrected chi connectivity index (χ4v) is 1.77. The molecule has 22 heavy (non-hydrogen) atoms. The molecule has 1 heterocycles. The summed E-state index contributed by atoms with van der Waals surface area (Å²) in [6.07, 6.45) is 2.97. The Balaban J connectivity index is 2.11. The molecule has 0 radical (unpaired) electrons. The van der Waals surface area contributed by atoms with Crippen molar-refractivity contribution in [3.8, 4) is 17.5 Å². The second-order valence-corrected chi connectivity index (χ2v) is 4.21. The van der Waals surface area contributed by atoms with Gasteiger partial charge >= 0.3 is 6.01 Å². The van der Waals surface area contributed by atoms with Crippen molar-refractivity contribution in [2.45, 2.75) is 6.92 Å². The van der Waals surface area contributed by atoms with Crippen molar-refractivity contribution in [2.24, 2.45) is 0 Å². The fourth-order valence-electron chi connectivity index (χ4n) is 1.77. The van der Waals surface area contributed by atoms with Gasteiger partial charge in [0.05, 0.1) is 38.9 Å². The molecule has 1 aromatic carbocycles. The summed E-state index contributed by atoms with van der Waals surface area (Å²) in [6, 6.07) is 5.18. The van der Waals surface area contributed by atoms with Crippen molar-refractivity contribution < 1.29 is 19.0 Å². The monoisotopic (exact) mass is 303 g/mol. The minimum atomic E-state index is -0.297. The van der Waals surface area contributed by atoms with E-state index in [2.05, 4.69) is 15.3 Å². The number of methoxy groups -OCH3 is 2. The van der Waals surface area contributed by atoms with Crippen LogP contribution in [-0.2, 0) is 0 Å². The molecule has 2 rings (SSSR count). The molecule has 2 aromatic rings. The lowest BCUT2D eigenvalue weighted by Gasteiger charge is -2.10. The number of rotatable bonds is 6. The molecule has 1 N–H and O–H groups in total. The first-order valence-corrected chi connectivity index (χ1v) is 6.66. The van der Waals surface area contributed by atoms with Gasteiger partial charge in [-0.1, -0.05) is 0 Å². The molecular formula is C15H17N3O4. The summed E-state index contributed by atoms with van der Waals surface area (Å²) in [5, 5.41) is 2.70. The molecular weight excluding hydrogens is 286 g/mol. The number of nitrogens with zero attached hydrogens (tertiary/aromatic N) is 2. The van der Waals surface area contributed by atoms with E-state index in [1.807, 2.05) is 6.92 Å². The van der Waals surface area contributed by atoms with Crippen LogP contribution in [0.1, 0.15) is 17.3 Å². The Morgan fingerprint density at radius 2 is 1.82 bits per heavy atom. The number of amides is 1. The van der Waals surface area contributed by atoms with E-state index in [-0.39, 0.29) is 11.9 Å². The van der Waals surface area contributed by atoms with Crippen LogP contribution in [0.5, 0.6) is 17.5 Å². The molecule has 1 aromatic heterocycles. The summed E-state index contributed by atoms with van der Waals surface area (Å²) in [7, 11) is 3.05. The molecule has 0 saturated heterocycles. The third-order valence-electron chi connectivity index (χ3n) is 2.81. The van der Waals surface area contributed by atoms with Crippen molar-refractivity contribution in [1.82, 2.24) is 9.97 Å². The Labute approximate surface area is 128 Å². The van der Waals surface area contributed by atoms with Crippen LogP contribution in [0.15, 0.2) is 30.6 Å². The SMILES string of the molecule is CCOc1ncc(NC(=O)c2ccc(OC)c(OC)c2)cn1. The number of nitrogens with one attached hydrogen (secondary N) is 1. The second-order valence-electron chi connectivity index (χ2n) is 4.21. The van der Waals surface area contributed by atoms with E-state index in [4.69, 9.17) is 14.2 Å². The molecule has 0 aliphatic carbocycles. The lowest BCUT2D eigenvalue weighted by molar-refractivity contribution is 0.102. The van der Waals surface area contributed by atoms with Gasteiger partial charge in [0.15, 0.2) is 11.5 Å². The standard InChI is InChI=1S/C15H17N3O4/c1-4-22-15-16-8-11(9-17-15)18-14(19)10-5-6-12(20-2)13(7-10)21-3/h5-9H,4H2,1-3H3,(H,18,19). The summed E-state index contributed by atoms with van der Waals surface area (Å²) < 4.78 is 15.4. The van der Waals surface area contributed by atoms with Gasteiger partial charge in [-0.05, 0) is 25.1 Å². The van der Waals surface area contributed by atoms with E-state index in [1.54, 1.807) is 18.2 Å². The van der Waals surface area contributed by atoms with E-state index < -0.39 is 0 Å². The zero-order valence-electron chi connectivity index (χ0n) is 12.6. The second kappa shape index (κ2) is 7.26. The van der Waals surface area contributed by atoms with Crippen LogP contribution >= 0.6 is 0 Å². The van der Waals surface area contributed by atoms with Crippen molar-refractivity contribution in [3.63, 3.8) is 0 Å². The molecule has 0 aliphatic heterocycles. The van der Waals surface area contributed by atoms with E-state index in [0.29, 0.717) is 29.4 Å². The zero-order valence-corrected chi connectivity index (χ0v) is 12.6. The van der Waals surface area contributed by atoms with E-state index in [0.717, 1.165) is 0 Å². The average Bonchev–Trinajstić information content (AvgIpc) is 2.56. The van der Waals surface area contributed by atoms with E-state index in [1.165, 1.54) is 26.6 Å². The summed E-state index contributed by atoms with van der Waals surface area (Å²) in [4.78, 5) is 20.2. The number of carbonyl (C=O) groups is 1.